The normalized spacial score (nSPS) is 10.6. The molecule has 2 aromatic carbocycles. The molecule has 2 N–H and O–H groups in total. The minimum absolute atomic E-state index is 0.0417. The minimum Gasteiger partial charge on any atom is -0.351 e. The number of thioether (sulfide) groups is 1. The third-order valence-corrected chi connectivity index (χ3v) is 4.86. The zero-order chi connectivity index (χ0) is 17.6. The summed E-state index contributed by atoms with van der Waals surface area (Å²) in [6.07, 6.45) is 1.80. The second-order valence-corrected chi connectivity index (χ2v) is 7.05. The number of benzene rings is 2. The van der Waals surface area contributed by atoms with Crippen molar-refractivity contribution in [2.75, 3.05) is 12.3 Å². The van der Waals surface area contributed by atoms with Gasteiger partial charge < -0.3 is 10.3 Å². The average Bonchev–Trinajstić information content (AvgIpc) is 3.08. The maximum absolute atomic E-state index is 12.1. The fourth-order valence-corrected chi connectivity index (χ4v) is 3.22. The molecule has 1 aromatic heterocycles. The van der Waals surface area contributed by atoms with Crippen LogP contribution in [0.4, 0.5) is 0 Å². The fraction of sp³-hybridized carbons (Fsp3) is 0.158. The Morgan fingerprint density at radius 3 is 2.72 bits per heavy atom. The van der Waals surface area contributed by atoms with Crippen molar-refractivity contribution in [2.45, 2.75) is 12.1 Å². The molecule has 0 saturated heterocycles. The Morgan fingerprint density at radius 2 is 1.96 bits per heavy atom. The first-order valence-corrected chi connectivity index (χ1v) is 9.27. The number of rotatable bonds is 6. The molecule has 1 heterocycles. The highest BCUT2D eigenvalue weighted by Crippen LogP contribution is 2.22. The Bertz CT molecular complexity index is 861. The number of hydrogen-bond acceptors (Lipinski definition) is 3. The number of amides is 1. The lowest BCUT2D eigenvalue weighted by Crippen LogP contribution is -2.26. The Balaban J connectivity index is 1.49. The Morgan fingerprint density at radius 1 is 1.20 bits per heavy atom. The van der Waals surface area contributed by atoms with E-state index in [9.17, 15) is 4.79 Å². The molecule has 0 aliphatic heterocycles. The van der Waals surface area contributed by atoms with Gasteiger partial charge in [-0.1, -0.05) is 53.7 Å². The van der Waals surface area contributed by atoms with Crippen LogP contribution in [0.5, 0.6) is 0 Å². The van der Waals surface area contributed by atoms with Gasteiger partial charge in [-0.3, -0.25) is 4.79 Å². The largest absolute Gasteiger partial charge is 0.351 e. The maximum Gasteiger partial charge on any atom is 0.251 e. The second-order valence-electron chi connectivity index (χ2n) is 5.53. The van der Waals surface area contributed by atoms with Gasteiger partial charge in [-0.05, 0) is 36.2 Å². The standard InChI is InChI=1S/C19H18ClN3OS/c1-13-4-2-3-5-16(13)18(24)21-10-11-25-19-22-12-17(23-19)14-6-8-15(20)9-7-14/h2-9,12H,10-11H2,1H3,(H,21,24)(H,22,23). The van der Waals surface area contributed by atoms with E-state index in [0.717, 1.165) is 33.3 Å². The molecule has 0 aliphatic rings. The first kappa shape index (κ1) is 17.6. The van der Waals surface area contributed by atoms with Crippen LogP contribution in [-0.4, -0.2) is 28.2 Å². The third-order valence-electron chi connectivity index (χ3n) is 3.72. The van der Waals surface area contributed by atoms with Crippen LogP contribution in [0.25, 0.3) is 11.3 Å². The molecule has 128 valence electrons. The number of halogens is 1. The monoisotopic (exact) mass is 371 g/mol. The lowest BCUT2D eigenvalue weighted by Gasteiger charge is -2.06. The number of aryl methyl sites for hydroxylation is 1. The third kappa shape index (κ3) is 4.65. The fourth-order valence-electron chi connectivity index (χ4n) is 2.39. The molecule has 3 rings (SSSR count). The molecule has 0 saturated carbocycles. The quantitative estimate of drug-likeness (QED) is 0.493. The lowest BCUT2D eigenvalue weighted by atomic mass is 10.1. The van der Waals surface area contributed by atoms with Crippen LogP contribution in [0.1, 0.15) is 15.9 Å². The van der Waals surface area contributed by atoms with Crippen molar-refractivity contribution in [3.63, 3.8) is 0 Å². The van der Waals surface area contributed by atoms with E-state index in [2.05, 4.69) is 15.3 Å². The highest BCUT2D eigenvalue weighted by atomic mass is 35.5. The van der Waals surface area contributed by atoms with Crippen LogP contribution in [0.15, 0.2) is 59.9 Å². The molecule has 0 atom stereocenters. The van der Waals surface area contributed by atoms with Crippen molar-refractivity contribution in [1.29, 1.82) is 0 Å². The van der Waals surface area contributed by atoms with Crippen LogP contribution in [-0.2, 0) is 0 Å². The summed E-state index contributed by atoms with van der Waals surface area (Å²) in [4.78, 5) is 19.8. The molecule has 1 amide bonds. The first-order valence-electron chi connectivity index (χ1n) is 7.91. The molecule has 6 heteroatoms. The number of H-pyrrole nitrogens is 1. The van der Waals surface area contributed by atoms with Crippen LogP contribution in [0.3, 0.4) is 0 Å². The van der Waals surface area contributed by atoms with E-state index in [4.69, 9.17) is 11.6 Å². The van der Waals surface area contributed by atoms with Gasteiger partial charge in [-0.2, -0.15) is 0 Å². The molecule has 0 aliphatic carbocycles. The first-order chi connectivity index (χ1) is 12.1. The zero-order valence-electron chi connectivity index (χ0n) is 13.8. The van der Waals surface area contributed by atoms with Crippen LogP contribution in [0, 0.1) is 6.92 Å². The van der Waals surface area contributed by atoms with Gasteiger partial charge in [0.05, 0.1) is 11.9 Å². The Labute approximate surface area is 156 Å². The number of nitrogens with one attached hydrogen (secondary N) is 2. The molecule has 0 radical (unpaired) electrons. The summed E-state index contributed by atoms with van der Waals surface area (Å²) < 4.78 is 0. The molecule has 0 spiro atoms. The molecule has 3 aromatic rings. The molecule has 25 heavy (non-hydrogen) atoms. The molecule has 0 bridgehead atoms. The Hall–Kier alpha value is -2.24. The summed E-state index contributed by atoms with van der Waals surface area (Å²) >= 11 is 7.48. The zero-order valence-corrected chi connectivity index (χ0v) is 15.3. The maximum atomic E-state index is 12.1. The number of carbonyl (C=O) groups is 1. The van der Waals surface area contributed by atoms with Gasteiger partial charge >= 0.3 is 0 Å². The number of nitrogens with zero attached hydrogens (tertiary/aromatic N) is 1. The number of aromatic nitrogens is 2. The molecular weight excluding hydrogens is 354 g/mol. The van der Waals surface area contributed by atoms with E-state index in [1.807, 2.05) is 55.5 Å². The lowest BCUT2D eigenvalue weighted by molar-refractivity contribution is 0.0955. The summed E-state index contributed by atoms with van der Waals surface area (Å²) in [5.41, 5.74) is 3.68. The smallest absolute Gasteiger partial charge is 0.251 e. The Kier molecular flexibility index (Phi) is 5.79. The van der Waals surface area contributed by atoms with Crippen molar-refractivity contribution in [1.82, 2.24) is 15.3 Å². The summed E-state index contributed by atoms with van der Waals surface area (Å²) in [5.74, 6) is 0.700. The van der Waals surface area contributed by atoms with Gasteiger partial charge in [0.1, 0.15) is 0 Å². The van der Waals surface area contributed by atoms with Crippen LogP contribution >= 0.6 is 23.4 Å². The van der Waals surface area contributed by atoms with Gasteiger partial charge in [0, 0.05) is 22.9 Å². The van der Waals surface area contributed by atoms with Gasteiger partial charge in [-0.15, -0.1) is 0 Å². The van der Waals surface area contributed by atoms with Crippen molar-refractivity contribution in [3.8, 4) is 11.3 Å². The van der Waals surface area contributed by atoms with Crippen molar-refractivity contribution in [3.05, 3.63) is 70.9 Å². The number of hydrogen-bond donors (Lipinski definition) is 2. The topological polar surface area (TPSA) is 57.8 Å². The van der Waals surface area contributed by atoms with Crippen molar-refractivity contribution in [2.24, 2.45) is 0 Å². The summed E-state index contributed by atoms with van der Waals surface area (Å²) in [7, 11) is 0. The van der Waals surface area contributed by atoms with E-state index in [1.165, 1.54) is 0 Å². The molecular formula is C19H18ClN3OS. The summed E-state index contributed by atoms with van der Waals surface area (Å²) in [6.45, 7) is 2.51. The molecule has 4 nitrogen and oxygen atoms in total. The number of imidazole rings is 1. The molecule has 0 unspecified atom stereocenters. The predicted octanol–water partition coefficient (Wildman–Crippen LogP) is 4.56. The van der Waals surface area contributed by atoms with E-state index in [-0.39, 0.29) is 5.91 Å². The second kappa shape index (κ2) is 8.23. The van der Waals surface area contributed by atoms with Crippen molar-refractivity contribution < 1.29 is 4.79 Å². The van der Waals surface area contributed by atoms with Gasteiger partial charge in [0.25, 0.3) is 5.91 Å². The van der Waals surface area contributed by atoms with E-state index in [0.29, 0.717) is 11.6 Å². The summed E-state index contributed by atoms with van der Waals surface area (Å²) in [5, 5.41) is 4.48. The van der Waals surface area contributed by atoms with Gasteiger partial charge in [0.15, 0.2) is 5.16 Å². The van der Waals surface area contributed by atoms with Gasteiger partial charge in [-0.25, -0.2) is 4.98 Å². The highest BCUT2D eigenvalue weighted by molar-refractivity contribution is 7.99. The number of aromatic amines is 1. The average molecular weight is 372 g/mol. The van der Waals surface area contributed by atoms with Crippen LogP contribution < -0.4 is 5.32 Å². The molecule has 0 fully saturated rings. The van der Waals surface area contributed by atoms with E-state index in [1.54, 1.807) is 18.0 Å². The summed E-state index contributed by atoms with van der Waals surface area (Å²) in [6, 6.07) is 15.2. The SMILES string of the molecule is Cc1ccccc1C(=O)NCCSc1ncc(-c2ccc(Cl)cc2)[nH]1. The minimum atomic E-state index is -0.0417. The van der Waals surface area contributed by atoms with E-state index < -0.39 is 0 Å². The van der Waals surface area contributed by atoms with E-state index >= 15 is 0 Å². The highest BCUT2D eigenvalue weighted by Gasteiger charge is 2.08. The van der Waals surface area contributed by atoms with Crippen molar-refractivity contribution >= 4 is 29.3 Å². The van der Waals surface area contributed by atoms with Gasteiger partial charge in [0.2, 0.25) is 0 Å². The van der Waals surface area contributed by atoms with Crippen LogP contribution in [0.2, 0.25) is 5.02 Å². The number of carbonyl (C=O) groups excluding carboxylic acids is 1. The predicted molar refractivity (Wildman–Crippen MR) is 103 cm³/mol.